The van der Waals surface area contributed by atoms with Gasteiger partial charge in [0.1, 0.15) is 5.75 Å². The largest absolute Gasteiger partial charge is 0.573 e. The van der Waals surface area contributed by atoms with Crippen molar-refractivity contribution in [2.45, 2.75) is 71.0 Å². The maximum atomic E-state index is 14.0. The first-order valence-electron chi connectivity index (χ1n) is 14.9. The number of amides is 3. The number of nitrogens with two attached hydrogens (primary N) is 2. The summed E-state index contributed by atoms with van der Waals surface area (Å²) in [6.45, 7) is 4.95. The number of aliphatic hydroxyl groups is 1. The van der Waals surface area contributed by atoms with Crippen molar-refractivity contribution in [2.24, 2.45) is 16.9 Å². The van der Waals surface area contributed by atoms with E-state index in [0.717, 1.165) is 11.6 Å². The highest BCUT2D eigenvalue weighted by molar-refractivity contribution is 6.03. The molecule has 1 aliphatic carbocycles. The van der Waals surface area contributed by atoms with Gasteiger partial charge in [0.05, 0.1) is 11.5 Å². The zero-order valence-electron chi connectivity index (χ0n) is 25.5. The van der Waals surface area contributed by atoms with Gasteiger partial charge in [-0.25, -0.2) is 0 Å². The highest BCUT2D eigenvalue weighted by Gasteiger charge is 2.44. The summed E-state index contributed by atoms with van der Waals surface area (Å²) in [5, 5.41) is 14.2. The van der Waals surface area contributed by atoms with E-state index in [4.69, 9.17) is 11.5 Å². The summed E-state index contributed by atoms with van der Waals surface area (Å²) in [4.78, 5) is 41.9. The second-order valence-corrected chi connectivity index (χ2v) is 11.3. The van der Waals surface area contributed by atoms with Gasteiger partial charge < -0.3 is 31.5 Å². The molecule has 244 valence electrons. The molecule has 9 nitrogen and oxygen atoms in total. The molecule has 0 bridgehead atoms. The van der Waals surface area contributed by atoms with Crippen molar-refractivity contribution in [3.05, 3.63) is 89.0 Å². The van der Waals surface area contributed by atoms with Crippen molar-refractivity contribution >= 4 is 17.7 Å². The lowest BCUT2D eigenvalue weighted by molar-refractivity contribution is -0.274. The number of alkyl halides is 3. The van der Waals surface area contributed by atoms with Crippen LogP contribution in [0.15, 0.2) is 77.9 Å². The van der Waals surface area contributed by atoms with Crippen LogP contribution in [0.5, 0.6) is 5.75 Å². The molecule has 2 aromatic carbocycles. The van der Waals surface area contributed by atoms with Crippen molar-refractivity contribution in [3.8, 4) is 5.75 Å². The van der Waals surface area contributed by atoms with E-state index in [1.165, 1.54) is 24.3 Å². The summed E-state index contributed by atoms with van der Waals surface area (Å²) in [5.74, 6) is -2.17. The fourth-order valence-electron chi connectivity index (χ4n) is 5.43. The van der Waals surface area contributed by atoms with Crippen LogP contribution in [0.3, 0.4) is 0 Å². The summed E-state index contributed by atoms with van der Waals surface area (Å²) >= 11 is 0. The van der Waals surface area contributed by atoms with Gasteiger partial charge in [-0.15, -0.1) is 13.2 Å². The number of halogens is 3. The second-order valence-electron chi connectivity index (χ2n) is 11.3. The molecule has 0 aromatic heterocycles. The van der Waals surface area contributed by atoms with Gasteiger partial charge in [-0.3, -0.25) is 14.4 Å². The molecule has 3 amide bonds. The van der Waals surface area contributed by atoms with Crippen molar-refractivity contribution < 1.29 is 37.4 Å². The second kappa shape index (κ2) is 15.7. The average Bonchev–Trinajstić information content (AvgIpc) is 2.99. The number of rotatable bonds is 15. The minimum absolute atomic E-state index is 0.0489. The lowest BCUT2D eigenvalue weighted by Gasteiger charge is -2.37. The highest BCUT2D eigenvalue weighted by Crippen LogP contribution is 2.40. The fourth-order valence-corrected chi connectivity index (χ4v) is 5.43. The predicted octanol–water partition coefficient (Wildman–Crippen LogP) is 3.90. The molecule has 3 rings (SSSR count). The maximum Gasteiger partial charge on any atom is 0.573 e. The van der Waals surface area contributed by atoms with Crippen LogP contribution in [-0.2, 0) is 27.3 Å². The van der Waals surface area contributed by atoms with E-state index in [2.05, 4.69) is 10.1 Å². The Morgan fingerprint density at radius 1 is 1.04 bits per heavy atom. The van der Waals surface area contributed by atoms with Crippen molar-refractivity contribution in [3.63, 3.8) is 0 Å². The maximum absolute atomic E-state index is 14.0. The number of ether oxygens (including phenoxy) is 1. The van der Waals surface area contributed by atoms with Gasteiger partial charge in [0.25, 0.3) is 0 Å². The number of hydrogen-bond acceptors (Lipinski definition) is 6. The smallest absolute Gasteiger partial charge is 0.406 e. The Morgan fingerprint density at radius 3 is 2.29 bits per heavy atom. The predicted molar refractivity (Wildman–Crippen MR) is 163 cm³/mol. The standard InChI is InChI=1S/C33H41F3N4O5/c1-3-13-40(14-4-2)30(43)25-17-24(29(38)42)18-32(19-25,31(44)39-21-22-9-6-5-7-10-22)20-28(41)27(37)16-23-11-8-12-26(15-23)45-33(34,35)36/h5-12,15,17-18,27-28,41H,3-4,13-14,16,19-21,37H2,1-2H3,(H2,38,42)(H,39,44)/t27-,28+,32?/m0/s1. The molecule has 0 saturated heterocycles. The SMILES string of the molecule is CCCN(CCC)C(=O)C1=CC(C(N)=O)=CC(C[C@@H](O)[C@@H](N)Cc2cccc(OC(F)(F)F)c2)(C(=O)NCc2ccccc2)C1. The van der Waals surface area contributed by atoms with Crippen LogP contribution in [0.25, 0.3) is 0 Å². The van der Waals surface area contributed by atoms with Gasteiger partial charge in [-0.2, -0.15) is 0 Å². The summed E-state index contributed by atoms with van der Waals surface area (Å²) in [7, 11) is 0. The van der Waals surface area contributed by atoms with Gasteiger partial charge in [-0.05, 0) is 61.4 Å². The third kappa shape index (κ3) is 10.2. The van der Waals surface area contributed by atoms with Crippen LogP contribution in [0, 0.1) is 5.41 Å². The topological polar surface area (TPSA) is 148 Å². The minimum atomic E-state index is -4.88. The van der Waals surface area contributed by atoms with Gasteiger partial charge in [0.2, 0.25) is 17.7 Å². The third-order valence-electron chi connectivity index (χ3n) is 7.52. The number of benzene rings is 2. The Kier molecular flexibility index (Phi) is 12.3. The summed E-state index contributed by atoms with van der Waals surface area (Å²) in [6.07, 6.45) is -2.56. The first-order valence-corrected chi connectivity index (χ1v) is 14.9. The Hall–Kier alpha value is -4.16. The van der Waals surface area contributed by atoms with E-state index in [1.54, 1.807) is 11.0 Å². The van der Waals surface area contributed by atoms with E-state index in [-0.39, 0.29) is 42.9 Å². The quantitative estimate of drug-likeness (QED) is 0.235. The first kappa shape index (κ1) is 35.3. The van der Waals surface area contributed by atoms with Gasteiger partial charge >= 0.3 is 6.36 Å². The first-order chi connectivity index (χ1) is 21.3. The number of nitrogens with one attached hydrogen (secondary N) is 1. The molecule has 0 aliphatic heterocycles. The van der Waals surface area contributed by atoms with Crippen LogP contribution in [0.4, 0.5) is 13.2 Å². The Balaban J connectivity index is 1.95. The molecule has 6 N–H and O–H groups in total. The zero-order chi connectivity index (χ0) is 33.2. The molecule has 0 heterocycles. The van der Waals surface area contributed by atoms with Gasteiger partial charge in [-0.1, -0.05) is 62.4 Å². The van der Waals surface area contributed by atoms with Gasteiger partial charge in [0.15, 0.2) is 0 Å². The molecule has 1 unspecified atom stereocenters. The van der Waals surface area contributed by atoms with E-state index in [1.807, 2.05) is 44.2 Å². The molecule has 12 heteroatoms. The molecule has 1 aliphatic rings. The minimum Gasteiger partial charge on any atom is -0.406 e. The highest BCUT2D eigenvalue weighted by atomic mass is 19.4. The Morgan fingerprint density at radius 2 is 1.69 bits per heavy atom. The molecule has 0 saturated carbocycles. The molecule has 2 aromatic rings. The number of primary amides is 1. The number of carbonyl (C=O) groups excluding carboxylic acids is 3. The van der Waals surface area contributed by atoms with Crippen LogP contribution in [-0.4, -0.2) is 59.3 Å². The van der Waals surface area contributed by atoms with E-state index >= 15 is 0 Å². The normalized spacial score (nSPS) is 17.8. The number of aliphatic hydroxyl groups excluding tert-OH is 1. The Bertz CT molecular complexity index is 1390. The lowest BCUT2D eigenvalue weighted by Crippen LogP contribution is -2.48. The fraction of sp³-hybridized carbons (Fsp3) is 0.424. The number of nitrogens with zero attached hydrogens (tertiary/aromatic N) is 1. The Labute approximate surface area is 261 Å². The van der Waals surface area contributed by atoms with Crippen molar-refractivity contribution in [2.75, 3.05) is 13.1 Å². The molecule has 0 spiro atoms. The molecule has 0 fully saturated rings. The molecule has 3 atom stereocenters. The molecular weight excluding hydrogens is 589 g/mol. The average molecular weight is 631 g/mol. The number of carbonyl (C=O) groups is 3. The zero-order valence-corrected chi connectivity index (χ0v) is 25.5. The number of hydrogen-bond donors (Lipinski definition) is 4. The third-order valence-corrected chi connectivity index (χ3v) is 7.52. The van der Waals surface area contributed by atoms with Crippen LogP contribution >= 0.6 is 0 Å². The molecule has 45 heavy (non-hydrogen) atoms. The van der Waals surface area contributed by atoms with Crippen molar-refractivity contribution in [1.29, 1.82) is 0 Å². The molecular formula is C33H41F3N4O5. The van der Waals surface area contributed by atoms with Gasteiger partial charge in [0, 0.05) is 36.8 Å². The lowest BCUT2D eigenvalue weighted by atomic mass is 9.70. The summed E-state index contributed by atoms with van der Waals surface area (Å²) in [5.41, 5.74) is 11.7. The monoisotopic (exact) mass is 630 g/mol. The summed E-state index contributed by atoms with van der Waals surface area (Å²) < 4.78 is 42.2. The van der Waals surface area contributed by atoms with E-state index in [9.17, 15) is 32.7 Å². The molecule has 0 radical (unpaired) electrons. The van der Waals surface area contributed by atoms with Crippen LogP contribution < -0.4 is 21.5 Å². The van der Waals surface area contributed by atoms with E-state index in [0.29, 0.717) is 31.5 Å². The van der Waals surface area contributed by atoms with Crippen LogP contribution in [0.1, 0.15) is 50.7 Å². The van der Waals surface area contributed by atoms with Crippen LogP contribution in [0.2, 0.25) is 0 Å². The van der Waals surface area contributed by atoms with Crippen molar-refractivity contribution in [1.82, 2.24) is 10.2 Å². The summed E-state index contributed by atoms with van der Waals surface area (Å²) in [6, 6.07) is 13.3. The van der Waals surface area contributed by atoms with E-state index < -0.39 is 41.5 Å².